The average Bonchev–Trinajstić information content (AvgIpc) is 2.78. The quantitative estimate of drug-likeness (QED) is 0.681. The SMILES string of the molecule is Cc1ccc([N+](=O)[O-])cc1C(=O)Nc1nn(C)cc1C#N. The minimum absolute atomic E-state index is 0.121. The van der Waals surface area contributed by atoms with Crippen molar-refractivity contribution in [2.24, 2.45) is 7.05 Å². The molecule has 0 saturated carbocycles. The summed E-state index contributed by atoms with van der Waals surface area (Å²) in [4.78, 5) is 22.4. The third kappa shape index (κ3) is 2.87. The molecular formula is C13H11N5O3. The Hall–Kier alpha value is -3.21. The summed E-state index contributed by atoms with van der Waals surface area (Å²) in [5.74, 6) is -0.428. The molecule has 0 atom stereocenters. The normalized spacial score (nSPS) is 9.95. The monoisotopic (exact) mass is 285 g/mol. The molecule has 2 aromatic rings. The zero-order valence-electron chi connectivity index (χ0n) is 11.3. The second-order valence-corrected chi connectivity index (χ2v) is 4.39. The predicted molar refractivity (Wildman–Crippen MR) is 73.7 cm³/mol. The van der Waals surface area contributed by atoms with Gasteiger partial charge in [0, 0.05) is 30.9 Å². The molecule has 0 aliphatic rings. The third-order valence-electron chi connectivity index (χ3n) is 2.86. The Balaban J connectivity index is 2.34. The van der Waals surface area contributed by atoms with E-state index in [0.29, 0.717) is 5.56 Å². The molecule has 0 bridgehead atoms. The number of anilines is 1. The number of non-ortho nitro benzene ring substituents is 1. The van der Waals surface area contributed by atoms with Crippen LogP contribution in [0.3, 0.4) is 0 Å². The van der Waals surface area contributed by atoms with Gasteiger partial charge in [-0.1, -0.05) is 6.07 Å². The number of nitrogens with zero attached hydrogens (tertiary/aromatic N) is 4. The molecule has 21 heavy (non-hydrogen) atoms. The number of nitro benzene ring substituents is 1. The first kappa shape index (κ1) is 14.2. The van der Waals surface area contributed by atoms with Crippen LogP contribution in [-0.4, -0.2) is 20.6 Å². The molecule has 1 amide bonds. The van der Waals surface area contributed by atoms with Crippen LogP contribution in [-0.2, 0) is 7.05 Å². The van der Waals surface area contributed by atoms with Gasteiger partial charge in [-0.15, -0.1) is 0 Å². The number of benzene rings is 1. The number of nitrogens with one attached hydrogen (secondary N) is 1. The number of aryl methyl sites for hydroxylation is 2. The Kier molecular flexibility index (Phi) is 3.67. The fourth-order valence-electron chi connectivity index (χ4n) is 1.81. The van der Waals surface area contributed by atoms with Gasteiger partial charge in [-0.3, -0.25) is 19.6 Å². The van der Waals surface area contributed by atoms with Crippen molar-refractivity contribution in [3.8, 4) is 6.07 Å². The van der Waals surface area contributed by atoms with Crippen LogP contribution in [0.15, 0.2) is 24.4 Å². The molecule has 0 aliphatic heterocycles. The summed E-state index contributed by atoms with van der Waals surface area (Å²) >= 11 is 0. The van der Waals surface area contributed by atoms with E-state index in [-0.39, 0.29) is 22.6 Å². The van der Waals surface area contributed by atoms with Crippen LogP contribution >= 0.6 is 0 Å². The van der Waals surface area contributed by atoms with Gasteiger partial charge < -0.3 is 5.32 Å². The number of nitro groups is 1. The fraction of sp³-hybridized carbons (Fsp3) is 0.154. The smallest absolute Gasteiger partial charge is 0.270 e. The van der Waals surface area contributed by atoms with Gasteiger partial charge in [0.25, 0.3) is 11.6 Å². The van der Waals surface area contributed by atoms with Crippen LogP contribution < -0.4 is 5.32 Å². The van der Waals surface area contributed by atoms with Crippen molar-refractivity contribution in [1.82, 2.24) is 9.78 Å². The minimum Gasteiger partial charge on any atom is -0.304 e. The number of rotatable bonds is 3. The van der Waals surface area contributed by atoms with Crippen molar-refractivity contribution in [3.63, 3.8) is 0 Å². The number of hydrogen-bond donors (Lipinski definition) is 1. The maximum Gasteiger partial charge on any atom is 0.270 e. The third-order valence-corrected chi connectivity index (χ3v) is 2.86. The van der Waals surface area contributed by atoms with Crippen molar-refractivity contribution >= 4 is 17.4 Å². The lowest BCUT2D eigenvalue weighted by molar-refractivity contribution is -0.384. The summed E-state index contributed by atoms with van der Waals surface area (Å²) < 4.78 is 1.40. The lowest BCUT2D eigenvalue weighted by atomic mass is 10.1. The van der Waals surface area contributed by atoms with Crippen molar-refractivity contribution in [1.29, 1.82) is 5.26 Å². The topological polar surface area (TPSA) is 114 Å². The highest BCUT2D eigenvalue weighted by molar-refractivity contribution is 6.05. The first-order valence-corrected chi connectivity index (χ1v) is 5.92. The first-order valence-electron chi connectivity index (χ1n) is 5.92. The number of hydrogen-bond acceptors (Lipinski definition) is 5. The van der Waals surface area contributed by atoms with E-state index in [0.717, 1.165) is 0 Å². The summed E-state index contributed by atoms with van der Waals surface area (Å²) in [6.45, 7) is 1.67. The van der Waals surface area contributed by atoms with Crippen LogP contribution in [0.4, 0.5) is 11.5 Å². The average molecular weight is 285 g/mol. The Labute approximate surface area is 119 Å². The summed E-state index contributed by atoms with van der Waals surface area (Å²) in [5.41, 5.74) is 0.799. The van der Waals surface area contributed by atoms with Gasteiger partial charge in [0.15, 0.2) is 5.82 Å². The van der Waals surface area contributed by atoms with Gasteiger partial charge in [0.1, 0.15) is 11.6 Å². The second-order valence-electron chi connectivity index (χ2n) is 4.39. The zero-order valence-corrected chi connectivity index (χ0v) is 11.3. The zero-order chi connectivity index (χ0) is 15.6. The van der Waals surface area contributed by atoms with Gasteiger partial charge in [-0.25, -0.2) is 0 Å². The Bertz CT molecular complexity index is 773. The van der Waals surface area contributed by atoms with Gasteiger partial charge in [0.05, 0.1) is 4.92 Å². The molecular weight excluding hydrogens is 274 g/mol. The van der Waals surface area contributed by atoms with Crippen LogP contribution in [0.1, 0.15) is 21.5 Å². The summed E-state index contributed by atoms with van der Waals surface area (Å²) in [6.07, 6.45) is 1.47. The number of amides is 1. The van der Waals surface area contributed by atoms with Crippen molar-refractivity contribution in [2.45, 2.75) is 6.92 Å². The molecule has 8 nitrogen and oxygen atoms in total. The maximum absolute atomic E-state index is 12.2. The Morgan fingerprint density at radius 1 is 1.52 bits per heavy atom. The highest BCUT2D eigenvalue weighted by Gasteiger charge is 2.17. The maximum atomic E-state index is 12.2. The molecule has 1 heterocycles. The van der Waals surface area contributed by atoms with Crippen LogP contribution in [0.25, 0.3) is 0 Å². The Morgan fingerprint density at radius 2 is 2.24 bits per heavy atom. The number of nitriles is 1. The van der Waals surface area contributed by atoms with Crippen molar-refractivity contribution < 1.29 is 9.72 Å². The van der Waals surface area contributed by atoms with E-state index in [1.165, 1.54) is 29.1 Å². The van der Waals surface area contributed by atoms with E-state index in [1.54, 1.807) is 14.0 Å². The van der Waals surface area contributed by atoms with Crippen LogP contribution in [0, 0.1) is 28.4 Å². The van der Waals surface area contributed by atoms with E-state index in [4.69, 9.17) is 5.26 Å². The van der Waals surface area contributed by atoms with E-state index >= 15 is 0 Å². The van der Waals surface area contributed by atoms with E-state index in [2.05, 4.69) is 10.4 Å². The number of aromatic nitrogens is 2. The van der Waals surface area contributed by atoms with Gasteiger partial charge in [-0.05, 0) is 12.5 Å². The highest BCUT2D eigenvalue weighted by atomic mass is 16.6. The molecule has 0 radical (unpaired) electrons. The largest absolute Gasteiger partial charge is 0.304 e. The van der Waals surface area contributed by atoms with E-state index in [9.17, 15) is 14.9 Å². The van der Waals surface area contributed by atoms with E-state index in [1.807, 2.05) is 6.07 Å². The van der Waals surface area contributed by atoms with Gasteiger partial charge in [0.2, 0.25) is 0 Å². The molecule has 1 aromatic heterocycles. The standard InChI is InChI=1S/C13H11N5O3/c1-8-3-4-10(18(20)21)5-11(8)13(19)15-12-9(6-14)7-17(2)16-12/h3-5,7H,1-2H3,(H,15,16,19). The first-order chi connectivity index (χ1) is 9.92. The van der Waals surface area contributed by atoms with Crippen molar-refractivity contribution in [2.75, 3.05) is 5.32 Å². The fourth-order valence-corrected chi connectivity index (χ4v) is 1.81. The molecule has 1 aromatic carbocycles. The van der Waals surface area contributed by atoms with Crippen molar-refractivity contribution in [3.05, 3.63) is 51.2 Å². The molecule has 1 N–H and O–H groups in total. The molecule has 106 valence electrons. The lowest BCUT2D eigenvalue weighted by Gasteiger charge is -2.05. The van der Waals surface area contributed by atoms with E-state index < -0.39 is 10.8 Å². The molecule has 0 fully saturated rings. The summed E-state index contributed by atoms with van der Waals surface area (Å²) in [6, 6.07) is 5.93. The second kappa shape index (κ2) is 5.42. The molecule has 0 spiro atoms. The predicted octanol–water partition coefficient (Wildman–Crippen LogP) is 1.76. The minimum atomic E-state index is -0.572. The molecule has 2 rings (SSSR count). The van der Waals surface area contributed by atoms with Crippen LogP contribution in [0.2, 0.25) is 0 Å². The molecule has 0 unspecified atom stereocenters. The lowest BCUT2D eigenvalue weighted by Crippen LogP contribution is -2.15. The molecule has 0 aliphatic carbocycles. The van der Waals surface area contributed by atoms with Gasteiger partial charge >= 0.3 is 0 Å². The molecule has 8 heteroatoms. The highest BCUT2D eigenvalue weighted by Crippen LogP contribution is 2.19. The summed E-state index contributed by atoms with van der Waals surface area (Å²) in [5, 5.41) is 26.2. The summed E-state index contributed by atoms with van der Waals surface area (Å²) in [7, 11) is 1.62. The Morgan fingerprint density at radius 3 is 2.86 bits per heavy atom. The van der Waals surface area contributed by atoms with Crippen LogP contribution in [0.5, 0.6) is 0 Å². The van der Waals surface area contributed by atoms with Gasteiger partial charge in [-0.2, -0.15) is 10.4 Å². The number of carbonyl (C=O) groups is 1. The number of carbonyl (C=O) groups excluding carboxylic acids is 1. The molecule has 0 saturated heterocycles.